The Morgan fingerprint density at radius 3 is 2.70 bits per heavy atom. The number of rotatable bonds is 6. The first-order chi connectivity index (χ1) is 11.1. The molecule has 0 aliphatic rings. The summed E-state index contributed by atoms with van der Waals surface area (Å²) in [6, 6.07) is 5.91. The third kappa shape index (κ3) is 3.89. The van der Waals surface area contributed by atoms with Crippen molar-refractivity contribution in [1.29, 1.82) is 0 Å². The number of aromatic nitrogens is 2. The molecule has 6 heteroatoms. The fraction of sp³-hybridized carbons (Fsp3) is 0.294. The average molecular weight is 345 g/mol. The predicted octanol–water partition coefficient (Wildman–Crippen LogP) is 4.50. The molecule has 1 amide bonds. The van der Waals surface area contributed by atoms with Crippen LogP contribution in [0.3, 0.4) is 0 Å². The number of amides is 1. The van der Waals surface area contributed by atoms with E-state index >= 15 is 0 Å². The van der Waals surface area contributed by atoms with E-state index < -0.39 is 0 Å². The van der Waals surface area contributed by atoms with Crippen LogP contribution < -0.4 is 0 Å². The van der Waals surface area contributed by atoms with Gasteiger partial charge in [0.05, 0.1) is 5.69 Å². The summed E-state index contributed by atoms with van der Waals surface area (Å²) in [5.74, 6) is 0.413. The summed E-state index contributed by atoms with van der Waals surface area (Å²) in [4.78, 5) is 14.7. The Bertz CT molecular complexity index is 745. The third-order valence-electron chi connectivity index (χ3n) is 3.45. The molecule has 0 bridgehead atoms. The minimum absolute atomic E-state index is 0.00104. The first-order valence-corrected chi connectivity index (χ1v) is 9.40. The van der Waals surface area contributed by atoms with Crippen molar-refractivity contribution in [2.75, 3.05) is 6.54 Å². The first kappa shape index (κ1) is 16.0. The molecule has 23 heavy (non-hydrogen) atoms. The molecule has 0 aromatic carbocycles. The van der Waals surface area contributed by atoms with Crippen LogP contribution in [0.2, 0.25) is 0 Å². The van der Waals surface area contributed by atoms with Gasteiger partial charge in [0, 0.05) is 24.0 Å². The molecule has 3 aromatic rings. The van der Waals surface area contributed by atoms with Crippen molar-refractivity contribution in [1.82, 2.24) is 15.1 Å². The average Bonchev–Trinajstić information content (AvgIpc) is 3.26. The smallest absolute Gasteiger partial charge is 0.272 e. The highest BCUT2D eigenvalue weighted by atomic mass is 32.1. The minimum atomic E-state index is -0.00104. The Morgan fingerprint density at radius 1 is 1.26 bits per heavy atom. The maximum absolute atomic E-state index is 12.9. The van der Waals surface area contributed by atoms with E-state index in [2.05, 4.69) is 35.5 Å². The van der Waals surface area contributed by atoms with Crippen LogP contribution in [0, 0.1) is 5.92 Å². The van der Waals surface area contributed by atoms with Crippen LogP contribution >= 0.6 is 22.7 Å². The van der Waals surface area contributed by atoms with Gasteiger partial charge in [-0.2, -0.15) is 27.8 Å². The Labute approximate surface area is 143 Å². The van der Waals surface area contributed by atoms with E-state index in [-0.39, 0.29) is 5.91 Å². The number of aromatic amines is 1. The van der Waals surface area contributed by atoms with Gasteiger partial charge in [-0.3, -0.25) is 9.89 Å². The van der Waals surface area contributed by atoms with Crippen molar-refractivity contribution in [3.8, 4) is 11.3 Å². The standard InChI is InChI=1S/C17H19N3OS2/c1-12(2)8-20(9-13-3-5-22-10-13)17(21)16-7-15(18-19-16)14-4-6-23-11-14/h3-7,10-12H,8-9H2,1-2H3,(H,18,19). The number of nitrogens with one attached hydrogen (secondary N) is 1. The number of nitrogens with zero attached hydrogens (tertiary/aromatic N) is 2. The lowest BCUT2D eigenvalue weighted by molar-refractivity contribution is 0.0717. The van der Waals surface area contributed by atoms with Gasteiger partial charge >= 0.3 is 0 Å². The van der Waals surface area contributed by atoms with Crippen LogP contribution in [0.4, 0.5) is 0 Å². The van der Waals surface area contributed by atoms with Gasteiger partial charge in [0.1, 0.15) is 5.69 Å². The topological polar surface area (TPSA) is 49.0 Å². The number of hydrogen-bond acceptors (Lipinski definition) is 4. The van der Waals surface area contributed by atoms with Crippen molar-refractivity contribution in [2.45, 2.75) is 20.4 Å². The summed E-state index contributed by atoms with van der Waals surface area (Å²) in [6.07, 6.45) is 0. The Hall–Kier alpha value is -1.92. The molecule has 3 rings (SSSR count). The van der Waals surface area contributed by atoms with Crippen LogP contribution in [0.15, 0.2) is 39.7 Å². The Morgan fingerprint density at radius 2 is 2.04 bits per heavy atom. The fourth-order valence-corrected chi connectivity index (χ4v) is 3.73. The lowest BCUT2D eigenvalue weighted by Gasteiger charge is -2.23. The summed E-state index contributed by atoms with van der Waals surface area (Å²) in [5.41, 5.74) is 3.57. The lowest BCUT2D eigenvalue weighted by atomic mass is 10.1. The van der Waals surface area contributed by atoms with Gasteiger partial charge in [-0.15, -0.1) is 0 Å². The van der Waals surface area contributed by atoms with E-state index in [1.807, 2.05) is 33.2 Å². The summed E-state index contributed by atoms with van der Waals surface area (Å²) < 4.78 is 0. The minimum Gasteiger partial charge on any atom is -0.333 e. The zero-order chi connectivity index (χ0) is 16.2. The molecule has 0 aliphatic carbocycles. The van der Waals surface area contributed by atoms with E-state index in [9.17, 15) is 4.79 Å². The van der Waals surface area contributed by atoms with Crippen LogP contribution in [0.25, 0.3) is 11.3 Å². The SMILES string of the molecule is CC(C)CN(Cc1ccsc1)C(=O)c1cc(-c2ccsc2)n[nH]1. The third-order valence-corrected chi connectivity index (χ3v) is 4.87. The fourth-order valence-electron chi connectivity index (χ4n) is 2.42. The maximum Gasteiger partial charge on any atom is 0.272 e. The molecule has 0 spiro atoms. The number of H-pyrrole nitrogens is 1. The molecule has 0 atom stereocenters. The molecule has 0 radical (unpaired) electrons. The van der Waals surface area contributed by atoms with Crippen LogP contribution in [-0.4, -0.2) is 27.5 Å². The van der Waals surface area contributed by atoms with Crippen molar-refractivity contribution in [3.63, 3.8) is 0 Å². The lowest BCUT2D eigenvalue weighted by Crippen LogP contribution is -2.33. The van der Waals surface area contributed by atoms with Gasteiger partial charge in [0.25, 0.3) is 5.91 Å². The van der Waals surface area contributed by atoms with Crippen molar-refractivity contribution >= 4 is 28.6 Å². The van der Waals surface area contributed by atoms with Crippen LogP contribution in [0.1, 0.15) is 29.9 Å². The zero-order valence-electron chi connectivity index (χ0n) is 13.2. The summed E-state index contributed by atoms with van der Waals surface area (Å²) in [7, 11) is 0. The second-order valence-electron chi connectivity index (χ2n) is 5.89. The number of carbonyl (C=O) groups excluding carboxylic acids is 1. The van der Waals surface area contributed by atoms with E-state index in [4.69, 9.17) is 0 Å². The van der Waals surface area contributed by atoms with E-state index in [0.717, 1.165) is 17.8 Å². The van der Waals surface area contributed by atoms with Crippen molar-refractivity contribution < 1.29 is 4.79 Å². The van der Waals surface area contributed by atoms with Gasteiger partial charge in [0.15, 0.2) is 0 Å². The molecule has 1 N–H and O–H groups in total. The number of carbonyl (C=O) groups is 1. The predicted molar refractivity (Wildman–Crippen MR) is 95.8 cm³/mol. The molecule has 4 nitrogen and oxygen atoms in total. The number of thiophene rings is 2. The van der Waals surface area contributed by atoms with Gasteiger partial charge in [0.2, 0.25) is 0 Å². The second kappa shape index (κ2) is 7.10. The Kier molecular flexibility index (Phi) is 4.93. The molecular weight excluding hydrogens is 326 g/mol. The van der Waals surface area contributed by atoms with Gasteiger partial charge < -0.3 is 4.90 Å². The second-order valence-corrected chi connectivity index (χ2v) is 7.45. The summed E-state index contributed by atoms with van der Waals surface area (Å²) >= 11 is 3.27. The Balaban J connectivity index is 1.79. The van der Waals surface area contributed by atoms with Crippen molar-refractivity contribution in [2.24, 2.45) is 5.92 Å². The quantitative estimate of drug-likeness (QED) is 0.715. The monoisotopic (exact) mass is 345 g/mol. The molecule has 3 heterocycles. The molecule has 120 valence electrons. The molecule has 0 aliphatic heterocycles. The van der Waals surface area contributed by atoms with Crippen LogP contribution in [-0.2, 0) is 6.54 Å². The molecule has 0 unspecified atom stereocenters. The van der Waals surface area contributed by atoms with Gasteiger partial charge in [-0.25, -0.2) is 0 Å². The van der Waals surface area contributed by atoms with Gasteiger partial charge in [-0.1, -0.05) is 13.8 Å². The molecular formula is C17H19N3OS2. The summed E-state index contributed by atoms with van der Waals surface area (Å²) in [5, 5.41) is 15.3. The molecule has 0 saturated carbocycles. The first-order valence-electron chi connectivity index (χ1n) is 7.52. The highest BCUT2D eigenvalue weighted by molar-refractivity contribution is 7.08. The normalized spacial score (nSPS) is 11.1. The van der Waals surface area contributed by atoms with E-state index in [1.54, 1.807) is 22.7 Å². The molecule has 0 fully saturated rings. The summed E-state index contributed by atoms with van der Waals surface area (Å²) in [6.45, 7) is 5.60. The maximum atomic E-state index is 12.9. The highest BCUT2D eigenvalue weighted by Crippen LogP contribution is 2.21. The van der Waals surface area contributed by atoms with Crippen LogP contribution in [0.5, 0.6) is 0 Å². The number of hydrogen-bond donors (Lipinski definition) is 1. The largest absolute Gasteiger partial charge is 0.333 e. The molecule has 3 aromatic heterocycles. The van der Waals surface area contributed by atoms with Gasteiger partial charge in [-0.05, 0) is 45.8 Å². The zero-order valence-corrected chi connectivity index (χ0v) is 14.8. The highest BCUT2D eigenvalue weighted by Gasteiger charge is 2.20. The van der Waals surface area contributed by atoms with E-state index in [0.29, 0.717) is 18.2 Å². The van der Waals surface area contributed by atoms with E-state index in [1.165, 1.54) is 5.56 Å². The molecule has 0 saturated heterocycles. The van der Waals surface area contributed by atoms with Crippen molar-refractivity contribution in [3.05, 3.63) is 51.0 Å².